The van der Waals surface area contributed by atoms with Crippen LogP contribution in [0.4, 0.5) is 5.69 Å². The number of hydrogen-bond donors (Lipinski definition) is 1. The van der Waals surface area contributed by atoms with E-state index < -0.39 is 0 Å². The van der Waals surface area contributed by atoms with E-state index in [9.17, 15) is 0 Å². The standard InChI is InChI=1S/C18H22N2/c1-20-17-8-9-18(20)12-16(11-17)19-15-7-6-13-4-2-3-5-14(13)10-15/h2-7,10,16-19H,8-9,11-12H2,1H3. The van der Waals surface area contributed by atoms with Crippen LogP contribution in [0.3, 0.4) is 0 Å². The highest BCUT2D eigenvalue weighted by Gasteiger charge is 2.38. The van der Waals surface area contributed by atoms with Crippen LogP contribution in [0.5, 0.6) is 0 Å². The molecule has 2 heterocycles. The maximum Gasteiger partial charge on any atom is 0.0348 e. The van der Waals surface area contributed by atoms with Gasteiger partial charge < -0.3 is 10.2 Å². The zero-order valence-electron chi connectivity index (χ0n) is 12.0. The molecule has 0 aliphatic carbocycles. The highest BCUT2D eigenvalue weighted by Crippen LogP contribution is 2.35. The molecule has 2 aliphatic rings. The SMILES string of the molecule is CN1C2CCC1CC(Nc1ccc3ccccc3c1)C2. The number of anilines is 1. The third kappa shape index (κ3) is 2.08. The van der Waals surface area contributed by atoms with Gasteiger partial charge in [0.2, 0.25) is 0 Å². The minimum Gasteiger partial charge on any atom is -0.382 e. The summed E-state index contributed by atoms with van der Waals surface area (Å²) < 4.78 is 0. The topological polar surface area (TPSA) is 15.3 Å². The van der Waals surface area contributed by atoms with Crippen LogP contribution in [0.25, 0.3) is 10.8 Å². The van der Waals surface area contributed by atoms with Gasteiger partial charge in [-0.15, -0.1) is 0 Å². The maximum atomic E-state index is 3.77. The summed E-state index contributed by atoms with van der Waals surface area (Å²) in [6.45, 7) is 0. The molecule has 2 nitrogen and oxygen atoms in total. The van der Waals surface area contributed by atoms with E-state index in [0.29, 0.717) is 6.04 Å². The molecule has 2 aromatic rings. The Labute approximate surface area is 120 Å². The van der Waals surface area contributed by atoms with Crippen LogP contribution in [0.15, 0.2) is 42.5 Å². The highest BCUT2D eigenvalue weighted by atomic mass is 15.2. The Morgan fingerprint density at radius 1 is 0.950 bits per heavy atom. The Morgan fingerprint density at radius 3 is 2.40 bits per heavy atom. The van der Waals surface area contributed by atoms with Gasteiger partial charge in [-0.1, -0.05) is 30.3 Å². The molecule has 0 spiro atoms. The lowest BCUT2D eigenvalue weighted by Gasteiger charge is -2.37. The predicted molar refractivity (Wildman–Crippen MR) is 85.2 cm³/mol. The van der Waals surface area contributed by atoms with Crippen LogP contribution in [-0.2, 0) is 0 Å². The van der Waals surface area contributed by atoms with Gasteiger partial charge in [0.1, 0.15) is 0 Å². The van der Waals surface area contributed by atoms with Gasteiger partial charge in [-0.2, -0.15) is 0 Å². The van der Waals surface area contributed by atoms with E-state index in [1.165, 1.54) is 42.1 Å². The number of hydrogen-bond acceptors (Lipinski definition) is 2. The van der Waals surface area contributed by atoms with Gasteiger partial charge in [0.15, 0.2) is 0 Å². The monoisotopic (exact) mass is 266 g/mol. The van der Waals surface area contributed by atoms with Gasteiger partial charge in [0.05, 0.1) is 0 Å². The Kier molecular flexibility index (Phi) is 2.92. The second-order valence-corrected chi connectivity index (χ2v) is 6.43. The molecule has 20 heavy (non-hydrogen) atoms. The molecule has 2 heteroatoms. The average Bonchev–Trinajstić information content (AvgIpc) is 2.70. The van der Waals surface area contributed by atoms with E-state index in [1.807, 2.05) is 0 Å². The molecule has 2 atom stereocenters. The quantitative estimate of drug-likeness (QED) is 0.887. The fourth-order valence-corrected chi connectivity index (χ4v) is 4.04. The Balaban J connectivity index is 1.53. The largest absolute Gasteiger partial charge is 0.382 e. The first-order valence-corrected chi connectivity index (χ1v) is 7.77. The van der Waals surface area contributed by atoms with E-state index in [-0.39, 0.29) is 0 Å². The lowest BCUT2D eigenvalue weighted by Crippen LogP contribution is -2.44. The van der Waals surface area contributed by atoms with Crippen molar-refractivity contribution in [3.8, 4) is 0 Å². The van der Waals surface area contributed by atoms with Crippen molar-refractivity contribution in [3.05, 3.63) is 42.5 Å². The zero-order valence-corrected chi connectivity index (χ0v) is 12.0. The van der Waals surface area contributed by atoms with Gasteiger partial charge in [-0.3, -0.25) is 0 Å². The van der Waals surface area contributed by atoms with Gasteiger partial charge in [-0.25, -0.2) is 0 Å². The number of nitrogens with zero attached hydrogens (tertiary/aromatic N) is 1. The normalized spacial score (nSPS) is 29.8. The van der Waals surface area contributed by atoms with Crippen molar-refractivity contribution < 1.29 is 0 Å². The fourth-order valence-electron chi connectivity index (χ4n) is 4.04. The minimum absolute atomic E-state index is 0.643. The first-order chi connectivity index (χ1) is 9.79. The summed E-state index contributed by atoms with van der Waals surface area (Å²) >= 11 is 0. The minimum atomic E-state index is 0.643. The van der Waals surface area contributed by atoms with Crippen LogP contribution in [-0.4, -0.2) is 30.1 Å². The third-order valence-corrected chi connectivity index (χ3v) is 5.22. The molecule has 4 rings (SSSR count). The van der Waals surface area contributed by atoms with Crippen LogP contribution >= 0.6 is 0 Å². The number of nitrogens with one attached hydrogen (secondary N) is 1. The molecule has 2 saturated heterocycles. The van der Waals surface area contributed by atoms with Crippen molar-refractivity contribution in [1.82, 2.24) is 4.90 Å². The Morgan fingerprint density at radius 2 is 1.65 bits per heavy atom. The smallest absolute Gasteiger partial charge is 0.0348 e. The lowest BCUT2D eigenvalue weighted by molar-refractivity contribution is 0.169. The number of piperidine rings is 1. The predicted octanol–water partition coefficient (Wildman–Crippen LogP) is 3.88. The lowest BCUT2D eigenvalue weighted by atomic mass is 9.97. The molecule has 1 N–H and O–H groups in total. The molecular weight excluding hydrogens is 244 g/mol. The summed E-state index contributed by atoms with van der Waals surface area (Å²) in [7, 11) is 2.30. The van der Waals surface area contributed by atoms with Gasteiger partial charge in [0.25, 0.3) is 0 Å². The fraction of sp³-hybridized carbons (Fsp3) is 0.444. The van der Waals surface area contributed by atoms with E-state index in [1.54, 1.807) is 0 Å². The van der Waals surface area contributed by atoms with Gasteiger partial charge in [0, 0.05) is 23.8 Å². The van der Waals surface area contributed by atoms with Crippen molar-refractivity contribution in [2.45, 2.75) is 43.8 Å². The van der Waals surface area contributed by atoms with Gasteiger partial charge in [-0.05, 0) is 55.6 Å². The molecule has 2 bridgehead atoms. The summed E-state index contributed by atoms with van der Waals surface area (Å²) in [5, 5.41) is 6.42. The van der Waals surface area contributed by atoms with E-state index >= 15 is 0 Å². The van der Waals surface area contributed by atoms with Crippen LogP contribution < -0.4 is 5.32 Å². The molecule has 104 valence electrons. The summed E-state index contributed by atoms with van der Waals surface area (Å²) in [5.41, 5.74) is 1.28. The second-order valence-electron chi connectivity index (χ2n) is 6.43. The zero-order chi connectivity index (χ0) is 13.5. The molecule has 0 aromatic heterocycles. The third-order valence-electron chi connectivity index (χ3n) is 5.22. The first kappa shape index (κ1) is 12.2. The summed E-state index contributed by atoms with van der Waals surface area (Å²) in [5.74, 6) is 0. The highest BCUT2D eigenvalue weighted by molar-refractivity contribution is 5.85. The van der Waals surface area contributed by atoms with E-state index in [2.05, 4.69) is 59.7 Å². The van der Waals surface area contributed by atoms with Gasteiger partial charge >= 0.3 is 0 Å². The number of benzene rings is 2. The van der Waals surface area contributed by atoms with Crippen LogP contribution in [0.1, 0.15) is 25.7 Å². The van der Waals surface area contributed by atoms with Crippen LogP contribution in [0.2, 0.25) is 0 Å². The Bertz CT molecular complexity index is 608. The molecular formula is C18H22N2. The van der Waals surface area contributed by atoms with E-state index in [0.717, 1.165) is 12.1 Å². The van der Waals surface area contributed by atoms with Crippen molar-refractivity contribution in [3.63, 3.8) is 0 Å². The number of rotatable bonds is 2. The number of fused-ring (bicyclic) bond motifs is 3. The summed E-state index contributed by atoms with van der Waals surface area (Å²) in [6.07, 6.45) is 5.35. The molecule has 0 saturated carbocycles. The Hall–Kier alpha value is -1.54. The van der Waals surface area contributed by atoms with Crippen molar-refractivity contribution in [2.75, 3.05) is 12.4 Å². The molecule has 0 amide bonds. The van der Waals surface area contributed by atoms with Crippen molar-refractivity contribution in [1.29, 1.82) is 0 Å². The molecule has 0 radical (unpaired) electrons. The molecule has 2 fully saturated rings. The summed E-state index contributed by atoms with van der Waals surface area (Å²) in [4.78, 5) is 2.60. The van der Waals surface area contributed by atoms with Crippen LogP contribution in [0, 0.1) is 0 Å². The van der Waals surface area contributed by atoms with Crippen molar-refractivity contribution >= 4 is 16.5 Å². The molecule has 2 aliphatic heterocycles. The van der Waals surface area contributed by atoms with E-state index in [4.69, 9.17) is 0 Å². The molecule has 2 aromatic carbocycles. The second kappa shape index (κ2) is 4.78. The first-order valence-electron chi connectivity index (χ1n) is 7.77. The summed E-state index contributed by atoms with van der Waals surface area (Å²) in [6, 6.07) is 17.6. The van der Waals surface area contributed by atoms with Crippen molar-refractivity contribution in [2.24, 2.45) is 0 Å². The maximum absolute atomic E-state index is 3.77. The average molecular weight is 266 g/mol. The molecule has 2 unspecified atom stereocenters.